The molecule has 1 saturated heterocycles. The van der Waals surface area contributed by atoms with E-state index in [9.17, 15) is 33.9 Å². The van der Waals surface area contributed by atoms with E-state index < -0.39 is 109 Å². The molecule has 0 bridgehead atoms. The van der Waals surface area contributed by atoms with Gasteiger partial charge in [0.15, 0.2) is 18.0 Å². The molecule has 2 rings (SSSR count). The Hall–Kier alpha value is -3.84. The second-order valence-electron chi connectivity index (χ2n) is 10.1. The van der Waals surface area contributed by atoms with E-state index in [0.29, 0.717) is 6.08 Å². The number of allylic oxidation sites excluding steroid dienone is 3. The lowest BCUT2D eigenvalue weighted by atomic mass is 9.64. The molecule has 0 saturated carbocycles. The predicted octanol–water partition coefficient (Wildman–Crippen LogP) is 1.79. The maximum absolute atomic E-state index is 13.1. The first-order valence-corrected chi connectivity index (χ1v) is 12.8. The quantitative estimate of drug-likeness (QED) is 0.176. The van der Waals surface area contributed by atoms with Gasteiger partial charge in [0, 0.05) is 49.7 Å². The molecule has 1 aliphatic heterocycles. The summed E-state index contributed by atoms with van der Waals surface area (Å²) in [6, 6.07) is -1.69. The maximum atomic E-state index is 13.1. The van der Waals surface area contributed by atoms with Crippen molar-refractivity contribution in [2.75, 3.05) is 6.61 Å². The van der Waals surface area contributed by atoms with Crippen LogP contribution in [0.1, 0.15) is 68.6 Å². The molecule has 1 N–H and O–H groups in total. The molecule has 13 nitrogen and oxygen atoms in total. The van der Waals surface area contributed by atoms with Crippen molar-refractivity contribution < 1.29 is 69.1 Å². The molecule has 1 heterocycles. The topological polar surface area (TPSA) is 178 Å². The van der Waals surface area contributed by atoms with E-state index in [1.54, 1.807) is 0 Å². The largest absolute Gasteiger partial charge is 0.463 e. The zero-order chi connectivity index (χ0) is 36.2. The van der Waals surface area contributed by atoms with E-state index in [2.05, 4.69) is 0 Å². The second kappa shape index (κ2) is 13.9. The Bertz CT molecular complexity index is 1400. The fraction of sp³-hybridized carbons (Fsp3) is 0.586. The van der Waals surface area contributed by atoms with Crippen LogP contribution in [-0.2, 0) is 57.2 Å². The summed E-state index contributed by atoms with van der Waals surface area (Å²) in [4.78, 5) is 72.8. The van der Waals surface area contributed by atoms with Crippen molar-refractivity contribution in [2.45, 2.75) is 98.0 Å². The molecule has 1 fully saturated rings. The SMILES string of the molecule is [2H]C(/C(C)=C\C(=O)O[C@@H]1O[C@H](COC(C)=O)[C@@H](OC(C)=O)[C@H](OC(C)=O)[C@H]1OC(C)=O)=C(/[2H])[C@@]1(O)C(C)=CC(=O)C[C@]1(C)C([2H])([2H])[2H]. The first kappa shape index (κ1) is 27.0. The zero-order valence-corrected chi connectivity index (χ0v) is 24.3. The average Bonchev–Trinajstić information content (AvgIpc) is 2.91. The third-order valence-corrected chi connectivity index (χ3v) is 6.23. The lowest BCUT2D eigenvalue weighted by Gasteiger charge is -2.44. The first-order valence-electron chi connectivity index (χ1n) is 15.3. The van der Waals surface area contributed by atoms with Crippen molar-refractivity contribution >= 4 is 35.6 Å². The van der Waals surface area contributed by atoms with Crippen molar-refractivity contribution in [1.29, 1.82) is 0 Å². The molecule has 0 amide bonds. The Morgan fingerprint density at radius 2 is 1.57 bits per heavy atom. The van der Waals surface area contributed by atoms with Gasteiger partial charge in [-0.05, 0) is 37.1 Å². The predicted molar refractivity (Wildman–Crippen MR) is 143 cm³/mol. The van der Waals surface area contributed by atoms with Crippen LogP contribution in [0.2, 0.25) is 0 Å². The van der Waals surface area contributed by atoms with Crippen LogP contribution in [0.3, 0.4) is 0 Å². The fourth-order valence-corrected chi connectivity index (χ4v) is 4.38. The smallest absolute Gasteiger partial charge is 0.333 e. The van der Waals surface area contributed by atoms with Gasteiger partial charge < -0.3 is 33.5 Å². The van der Waals surface area contributed by atoms with Crippen molar-refractivity contribution in [2.24, 2.45) is 5.41 Å². The third kappa shape index (κ3) is 8.83. The van der Waals surface area contributed by atoms with Gasteiger partial charge in [0.25, 0.3) is 0 Å². The highest BCUT2D eigenvalue weighted by Gasteiger charge is 2.53. The number of carbonyl (C=O) groups excluding carboxylic acids is 6. The molecule has 0 radical (unpaired) electrons. The van der Waals surface area contributed by atoms with Gasteiger partial charge in [0.2, 0.25) is 12.4 Å². The Balaban J connectivity index is 2.57. The molecule has 0 aromatic rings. The summed E-state index contributed by atoms with van der Waals surface area (Å²) < 4.78 is 73.0. The van der Waals surface area contributed by atoms with E-state index in [1.165, 1.54) is 13.8 Å². The van der Waals surface area contributed by atoms with Crippen LogP contribution >= 0.6 is 0 Å². The Labute approximate surface area is 250 Å². The maximum Gasteiger partial charge on any atom is 0.333 e. The molecular formula is C29H38O13. The number of ether oxygens (including phenoxy) is 6. The number of aliphatic hydroxyl groups is 1. The van der Waals surface area contributed by atoms with Gasteiger partial charge in [-0.25, -0.2) is 4.79 Å². The molecule has 0 aromatic carbocycles. The van der Waals surface area contributed by atoms with Crippen LogP contribution in [0.25, 0.3) is 0 Å². The lowest BCUT2D eigenvalue weighted by molar-refractivity contribution is -0.299. The summed E-state index contributed by atoms with van der Waals surface area (Å²) in [5.41, 5.74) is -5.29. The average molecular weight is 600 g/mol. The number of rotatable bonds is 9. The highest BCUT2D eigenvalue weighted by atomic mass is 16.7. The van der Waals surface area contributed by atoms with Gasteiger partial charge in [-0.15, -0.1) is 0 Å². The fourth-order valence-electron chi connectivity index (χ4n) is 4.38. The van der Waals surface area contributed by atoms with Crippen LogP contribution < -0.4 is 0 Å². The van der Waals surface area contributed by atoms with E-state index in [-0.39, 0.29) is 11.1 Å². The molecule has 1 aliphatic carbocycles. The number of esters is 5. The molecular weight excluding hydrogens is 556 g/mol. The summed E-state index contributed by atoms with van der Waals surface area (Å²) in [5.74, 6) is -5.36. The van der Waals surface area contributed by atoms with Gasteiger partial charge in [0.1, 0.15) is 18.3 Å². The zero-order valence-electron chi connectivity index (χ0n) is 29.3. The van der Waals surface area contributed by atoms with Gasteiger partial charge >= 0.3 is 29.8 Å². The van der Waals surface area contributed by atoms with Gasteiger partial charge in [-0.1, -0.05) is 19.8 Å². The van der Waals surface area contributed by atoms with Crippen LogP contribution in [0.15, 0.2) is 35.4 Å². The van der Waals surface area contributed by atoms with Crippen molar-refractivity contribution in [1.82, 2.24) is 0 Å². The Kier molecular flexibility index (Phi) is 8.93. The molecule has 0 unspecified atom stereocenters. The number of hydrogen-bond donors (Lipinski definition) is 1. The highest BCUT2D eigenvalue weighted by Crippen LogP contribution is 2.44. The Morgan fingerprint density at radius 3 is 2.12 bits per heavy atom. The minimum Gasteiger partial charge on any atom is -0.463 e. The minimum absolute atomic E-state index is 0.185. The van der Waals surface area contributed by atoms with Crippen molar-refractivity contribution in [3.63, 3.8) is 0 Å². The molecule has 7 atom stereocenters. The van der Waals surface area contributed by atoms with Crippen molar-refractivity contribution in [3.8, 4) is 0 Å². The number of hydrogen-bond acceptors (Lipinski definition) is 13. The first-order chi connectivity index (χ1) is 21.5. The normalized spacial score (nSPS) is 34.0. The van der Waals surface area contributed by atoms with Crippen LogP contribution in [0, 0.1) is 5.41 Å². The molecule has 0 aromatic heterocycles. The van der Waals surface area contributed by atoms with Gasteiger partial charge in [-0.2, -0.15) is 0 Å². The van der Waals surface area contributed by atoms with Gasteiger partial charge in [-0.3, -0.25) is 24.0 Å². The van der Waals surface area contributed by atoms with Crippen LogP contribution in [0.5, 0.6) is 0 Å². The second-order valence-corrected chi connectivity index (χ2v) is 10.1. The van der Waals surface area contributed by atoms with E-state index in [0.717, 1.165) is 40.7 Å². The Morgan fingerprint density at radius 1 is 1.00 bits per heavy atom. The van der Waals surface area contributed by atoms with Crippen LogP contribution in [-0.4, -0.2) is 83.7 Å². The molecule has 42 heavy (non-hydrogen) atoms. The summed E-state index contributed by atoms with van der Waals surface area (Å²) in [6.45, 7) is 4.10. The molecule has 232 valence electrons. The monoisotopic (exact) mass is 599 g/mol. The number of carbonyl (C=O) groups is 6. The van der Waals surface area contributed by atoms with Crippen molar-refractivity contribution in [3.05, 3.63) is 35.4 Å². The molecule has 0 spiro atoms. The lowest BCUT2D eigenvalue weighted by Crippen LogP contribution is -2.63. The summed E-state index contributed by atoms with van der Waals surface area (Å²) in [6.07, 6.45) is -7.10. The van der Waals surface area contributed by atoms with Gasteiger partial charge in [0.05, 0.1) is 2.74 Å². The summed E-state index contributed by atoms with van der Waals surface area (Å²) >= 11 is 0. The third-order valence-electron chi connectivity index (χ3n) is 6.23. The van der Waals surface area contributed by atoms with Crippen LogP contribution in [0.4, 0.5) is 0 Å². The summed E-state index contributed by atoms with van der Waals surface area (Å²) in [7, 11) is 0. The van der Waals surface area contributed by atoms with E-state index in [4.69, 9.17) is 35.3 Å². The standard InChI is InChI=1S/C29H38O13/c1-15(9-10-29(36)16(2)12-21(34)13-28(29,7)8)11-23(35)42-27-26(40-20(6)33)25(39-19(5)32)24(38-18(4)31)22(41-27)14-37-17(3)30/h9-12,22,24-27,36H,13-14H2,1-8H3/b10-9+,15-11-/t22-,24-,25+,26-,27+,29-/m1/s1/i7D3,9D,10D/t22-,24-,25+,26-,27+,28-,29-. The minimum atomic E-state index is -2.95. The van der Waals surface area contributed by atoms with E-state index in [1.807, 2.05) is 0 Å². The number of ketones is 1. The van der Waals surface area contributed by atoms with E-state index >= 15 is 0 Å². The molecule has 2 aliphatic rings. The molecule has 13 heteroatoms. The summed E-state index contributed by atoms with van der Waals surface area (Å²) in [5, 5.41) is 11.7. The highest BCUT2D eigenvalue weighted by molar-refractivity contribution is 5.92.